The number of hydrogen-bond donors (Lipinski definition) is 1. The Kier molecular flexibility index (Phi) is 6.14. The van der Waals surface area contributed by atoms with E-state index >= 15 is 0 Å². The lowest BCUT2D eigenvalue weighted by molar-refractivity contribution is 0.141. The summed E-state index contributed by atoms with van der Waals surface area (Å²) in [6, 6.07) is 14.7. The maximum atomic E-state index is 11.5. The van der Waals surface area contributed by atoms with Gasteiger partial charge in [-0.05, 0) is 17.7 Å². The lowest BCUT2D eigenvalue weighted by Crippen LogP contribution is -2.24. The molecule has 0 atom stereocenters. The summed E-state index contributed by atoms with van der Waals surface area (Å²) in [6.45, 7) is 0.386. The summed E-state index contributed by atoms with van der Waals surface area (Å²) in [5.74, 6) is 5.64. The molecule has 1 amide bonds. The van der Waals surface area contributed by atoms with Crippen molar-refractivity contribution in [1.82, 2.24) is 5.32 Å². The molecular weight excluding hydrogens is 321 g/mol. The standard InChI is InChI=1S/C17H13Cl2NO2/c18-15-10-4-8-14(16(15)19)9-5-11-20-17(21)22-12-13-6-2-1-3-7-13/h1-4,6-8,10H,11-12H2,(H,20,21). The van der Waals surface area contributed by atoms with Crippen molar-refractivity contribution in [3.05, 3.63) is 69.7 Å². The van der Waals surface area contributed by atoms with Crippen molar-refractivity contribution in [3.63, 3.8) is 0 Å². The van der Waals surface area contributed by atoms with Crippen molar-refractivity contribution < 1.29 is 9.53 Å². The second-order valence-electron chi connectivity index (χ2n) is 4.32. The fourth-order valence-corrected chi connectivity index (χ4v) is 1.98. The summed E-state index contributed by atoms with van der Waals surface area (Å²) in [5.41, 5.74) is 1.54. The van der Waals surface area contributed by atoms with Gasteiger partial charge < -0.3 is 10.1 Å². The lowest BCUT2D eigenvalue weighted by Gasteiger charge is -2.04. The van der Waals surface area contributed by atoms with Crippen LogP contribution in [0, 0.1) is 11.8 Å². The van der Waals surface area contributed by atoms with Gasteiger partial charge in [0, 0.05) is 5.56 Å². The Labute approximate surface area is 139 Å². The number of alkyl carbamates (subject to hydrolysis) is 1. The average molecular weight is 334 g/mol. The van der Waals surface area contributed by atoms with Crippen LogP contribution in [0.5, 0.6) is 0 Å². The predicted octanol–water partition coefficient (Wildman–Crippen LogP) is 4.27. The van der Waals surface area contributed by atoms with Crippen molar-refractivity contribution in [2.75, 3.05) is 6.54 Å². The molecule has 0 aliphatic carbocycles. The molecular formula is C17H13Cl2NO2. The van der Waals surface area contributed by atoms with E-state index in [9.17, 15) is 4.79 Å². The highest BCUT2D eigenvalue weighted by Gasteiger charge is 2.02. The molecule has 0 aliphatic rings. The van der Waals surface area contributed by atoms with Crippen molar-refractivity contribution in [2.45, 2.75) is 6.61 Å². The van der Waals surface area contributed by atoms with Crippen LogP contribution in [0.1, 0.15) is 11.1 Å². The van der Waals surface area contributed by atoms with E-state index in [0.717, 1.165) is 5.56 Å². The summed E-state index contributed by atoms with van der Waals surface area (Å²) in [6.07, 6.45) is -0.518. The van der Waals surface area contributed by atoms with Crippen LogP contribution in [0.3, 0.4) is 0 Å². The smallest absolute Gasteiger partial charge is 0.408 e. The molecule has 2 aromatic rings. The van der Waals surface area contributed by atoms with Gasteiger partial charge in [0.2, 0.25) is 0 Å². The van der Waals surface area contributed by atoms with E-state index in [-0.39, 0.29) is 13.2 Å². The number of carbonyl (C=O) groups excluding carboxylic acids is 1. The molecule has 5 heteroatoms. The van der Waals surface area contributed by atoms with E-state index in [1.807, 2.05) is 30.3 Å². The van der Waals surface area contributed by atoms with E-state index in [0.29, 0.717) is 15.6 Å². The number of carbonyl (C=O) groups is 1. The number of ether oxygens (including phenoxy) is 1. The highest BCUT2D eigenvalue weighted by atomic mass is 35.5. The number of hydrogen-bond acceptors (Lipinski definition) is 2. The monoisotopic (exact) mass is 333 g/mol. The number of nitrogens with one attached hydrogen (secondary N) is 1. The highest BCUT2D eigenvalue weighted by molar-refractivity contribution is 6.42. The first kappa shape index (κ1) is 16.2. The molecule has 0 unspecified atom stereocenters. The zero-order valence-corrected chi connectivity index (χ0v) is 13.1. The molecule has 1 N–H and O–H groups in total. The van der Waals surface area contributed by atoms with Crippen LogP contribution in [0.4, 0.5) is 4.79 Å². The minimum absolute atomic E-state index is 0.163. The maximum Gasteiger partial charge on any atom is 0.408 e. The summed E-state index contributed by atoms with van der Waals surface area (Å²) in [4.78, 5) is 11.5. The molecule has 0 saturated carbocycles. The molecule has 0 aliphatic heterocycles. The number of rotatable bonds is 3. The molecule has 0 bridgehead atoms. The zero-order valence-electron chi connectivity index (χ0n) is 11.6. The second-order valence-corrected chi connectivity index (χ2v) is 5.10. The van der Waals surface area contributed by atoms with Gasteiger partial charge in [0.1, 0.15) is 6.61 Å². The van der Waals surface area contributed by atoms with Gasteiger partial charge in [-0.25, -0.2) is 4.79 Å². The molecule has 0 heterocycles. The van der Waals surface area contributed by atoms with Crippen LogP contribution >= 0.6 is 23.2 Å². The fraction of sp³-hybridized carbons (Fsp3) is 0.118. The lowest BCUT2D eigenvalue weighted by atomic mass is 10.2. The van der Waals surface area contributed by atoms with E-state index in [4.69, 9.17) is 27.9 Å². The third kappa shape index (κ3) is 5.00. The van der Waals surface area contributed by atoms with Gasteiger partial charge in [0.15, 0.2) is 0 Å². The molecule has 112 valence electrons. The summed E-state index contributed by atoms with van der Waals surface area (Å²) in [5, 5.41) is 3.40. The molecule has 22 heavy (non-hydrogen) atoms. The Morgan fingerprint density at radius 1 is 1.09 bits per heavy atom. The van der Waals surface area contributed by atoms with Crippen molar-refractivity contribution in [1.29, 1.82) is 0 Å². The van der Waals surface area contributed by atoms with Crippen molar-refractivity contribution >= 4 is 29.3 Å². The largest absolute Gasteiger partial charge is 0.445 e. The topological polar surface area (TPSA) is 38.3 Å². The molecule has 0 fully saturated rings. The first-order chi connectivity index (χ1) is 10.7. The van der Waals surface area contributed by atoms with E-state index in [1.165, 1.54) is 0 Å². The van der Waals surface area contributed by atoms with Gasteiger partial charge >= 0.3 is 6.09 Å². The minimum Gasteiger partial charge on any atom is -0.445 e. The van der Waals surface area contributed by atoms with Crippen LogP contribution in [0.15, 0.2) is 48.5 Å². The Balaban J connectivity index is 1.78. The normalized spacial score (nSPS) is 9.55. The number of benzene rings is 2. The number of halogens is 2. The summed E-state index contributed by atoms with van der Waals surface area (Å²) >= 11 is 11.9. The Morgan fingerprint density at radius 3 is 2.64 bits per heavy atom. The van der Waals surface area contributed by atoms with E-state index < -0.39 is 6.09 Å². The molecule has 0 aromatic heterocycles. The Morgan fingerprint density at radius 2 is 1.86 bits per heavy atom. The van der Waals surface area contributed by atoms with Crippen LogP contribution in [0.25, 0.3) is 0 Å². The van der Waals surface area contributed by atoms with Crippen LogP contribution < -0.4 is 5.32 Å². The predicted molar refractivity (Wildman–Crippen MR) is 88.0 cm³/mol. The average Bonchev–Trinajstić information content (AvgIpc) is 2.54. The van der Waals surface area contributed by atoms with Gasteiger partial charge in [0.25, 0.3) is 0 Å². The number of amides is 1. The van der Waals surface area contributed by atoms with Gasteiger partial charge in [-0.1, -0.05) is 71.4 Å². The van der Waals surface area contributed by atoms with Gasteiger partial charge in [-0.15, -0.1) is 0 Å². The van der Waals surface area contributed by atoms with Crippen LogP contribution in [-0.2, 0) is 11.3 Å². The van der Waals surface area contributed by atoms with Gasteiger partial charge in [-0.2, -0.15) is 0 Å². The SMILES string of the molecule is O=C(NCC#Cc1cccc(Cl)c1Cl)OCc1ccccc1. The third-order valence-electron chi connectivity index (χ3n) is 2.71. The fourth-order valence-electron chi connectivity index (χ4n) is 1.63. The zero-order chi connectivity index (χ0) is 15.8. The van der Waals surface area contributed by atoms with Crippen molar-refractivity contribution in [3.8, 4) is 11.8 Å². The molecule has 2 rings (SSSR count). The molecule has 0 spiro atoms. The second kappa shape index (κ2) is 8.33. The highest BCUT2D eigenvalue weighted by Crippen LogP contribution is 2.24. The van der Waals surface area contributed by atoms with E-state index in [1.54, 1.807) is 18.2 Å². The van der Waals surface area contributed by atoms with Crippen molar-refractivity contribution in [2.24, 2.45) is 0 Å². The minimum atomic E-state index is -0.518. The van der Waals surface area contributed by atoms with Crippen LogP contribution in [0.2, 0.25) is 10.0 Å². The molecule has 2 aromatic carbocycles. The van der Waals surface area contributed by atoms with Gasteiger partial charge in [-0.3, -0.25) is 0 Å². The third-order valence-corrected chi connectivity index (χ3v) is 3.53. The molecule has 0 radical (unpaired) electrons. The van der Waals surface area contributed by atoms with E-state index in [2.05, 4.69) is 17.2 Å². The maximum absolute atomic E-state index is 11.5. The first-order valence-electron chi connectivity index (χ1n) is 6.54. The Hall–Kier alpha value is -2.15. The Bertz CT molecular complexity index is 706. The quantitative estimate of drug-likeness (QED) is 0.851. The molecule has 3 nitrogen and oxygen atoms in total. The summed E-state index contributed by atoms with van der Waals surface area (Å²) in [7, 11) is 0. The van der Waals surface area contributed by atoms with Gasteiger partial charge in [0.05, 0.1) is 16.6 Å². The van der Waals surface area contributed by atoms with Crippen LogP contribution in [-0.4, -0.2) is 12.6 Å². The molecule has 0 saturated heterocycles. The summed E-state index contributed by atoms with van der Waals surface area (Å²) < 4.78 is 5.06. The first-order valence-corrected chi connectivity index (χ1v) is 7.30.